The number of benzene rings is 2. The van der Waals surface area contributed by atoms with Crippen LogP contribution < -0.4 is 19.3 Å². The molecule has 5 rings (SSSR count). The highest BCUT2D eigenvalue weighted by molar-refractivity contribution is 7.11. The normalized spacial score (nSPS) is 17.0. The summed E-state index contributed by atoms with van der Waals surface area (Å²) >= 11 is 1.61. The predicted molar refractivity (Wildman–Crippen MR) is 134 cm³/mol. The Kier molecular flexibility index (Phi) is 5.80. The monoisotopic (exact) mass is 491 g/mol. The number of carbonyl (C=O) groups is 3. The standard InChI is InChI=1S/C26H25N3O5S/c1-5-21-26(32)29(12-20(30)16-6-8-22-18(10-16)28(4)24(31)13-33-22)19-11-17(7-9-23(19)34-21)25-14(2)35-15(3)27-25/h6-11,21H,5,12-13H2,1-4H3. The van der Waals surface area contributed by atoms with Gasteiger partial charge in [0.15, 0.2) is 18.5 Å². The largest absolute Gasteiger partial charge is 0.482 e. The van der Waals surface area contributed by atoms with Crippen LogP contribution in [0.1, 0.15) is 33.6 Å². The second kappa shape index (κ2) is 8.81. The van der Waals surface area contributed by atoms with Gasteiger partial charge in [0.2, 0.25) is 0 Å². The van der Waals surface area contributed by atoms with Crippen molar-refractivity contribution < 1.29 is 23.9 Å². The maximum Gasteiger partial charge on any atom is 0.268 e. The summed E-state index contributed by atoms with van der Waals surface area (Å²) in [6.07, 6.45) is -0.178. The Bertz CT molecular complexity index is 1370. The second-order valence-corrected chi connectivity index (χ2v) is 10.0. The van der Waals surface area contributed by atoms with Crippen molar-refractivity contribution in [2.75, 3.05) is 30.0 Å². The predicted octanol–water partition coefficient (Wildman–Crippen LogP) is 4.17. The summed E-state index contributed by atoms with van der Waals surface area (Å²) in [7, 11) is 1.65. The summed E-state index contributed by atoms with van der Waals surface area (Å²) in [4.78, 5) is 47.4. The van der Waals surface area contributed by atoms with Crippen LogP contribution in [0.15, 0.2) is 36.4 Å². The van der Waals surface area contributed by atoms with E-state index in [-0.39, 0.29) is 30.7 Å². The minimum Gasteiger partial charge on any atom is -0.482 e. The molecule has 180 valence electrons. The van der Waals surface area contributed by atoms with Gasteiger partial charge in [0.05, 0.1) is 28.6 Å². The van der Waals surface area contributed by atoms with Crippen molar-refractivity contribution in [3.05, 3.63) is 51.8 Å². The maximum atomic E-state index is 13.4. The third-order valence-corrected chi connectivity index (χ3v) is 7.16. The number of nitrogens with zero attached hydrogens (tertiary/aromatic N) is 3. The lowest BCUT2D eigenvalue weighted by atomic mass is 10.0. The van der Waals surface area contributed by atoms with E-state index in [0.717, 1.165) is 21.1 Å². The minimum absolute atomic E-state index is 0.0332. The van der Waals surface area contributed by atoms with E-state index in [0.29, 0.717) is 34.9 Å². The summed E-state index contributed by atoms with van der Waals surface area (Å²) in [5.74, 6) is 0.403. The van der Waals surface area contributed by atoms with Gasteiger partial charge in [-0.2, -0.15) is 0 Å². The highest BCUT2D eigenvalue weighted by Crippen LogP contribution is 2.39. The van der Waals surface area contributed by atoms with E-state index in [4.69, 9.17) is 9.47 Å². The van der Waals surface area contributed by atoms with E-state index >= 15 is 0 Å². The zero-order chi connectivity index (χ0) is 24.9. The molecule has 9 heteroatoms. The molecule has 0 N–H and O–H groups in total. The molecule has 2 aromatic carbocycles. The van der Waals surface area contributed by atoms with E-state index < -0.39 is 6.10 Å². The lowest BCUT2D eigenvalue weighted by Crippen LogP contribution is -2.47. The first-order valence-corrected chi connectivity index (χ1v) is 12.2. The van der Waals surface area contributed by atoms with Gasteiger partial charge in [0.25, 0.3) is 11.8 Å². The van der Waals surface area contributed by atoms with Crippen molar-refractivity contribution in [1.29, 1.82) is 0 Å². The van der Waals surface area contributed by atoms with Gasteiger partial charge in [0, 0.05) is 23.1 Å². The zero-order valence-electron chi connectivity index (χ0n) is 20.0. The Morgan fingerprint density at radius 2 is 1.89 bits per heavy atom. The number of Topliss-reactive ketones (excluding diaryl/α,β-unsaturated/α-hetero) is 1. The molecule has 0 saturated heterocycles. The van der Waals surface area contributed by atoms with E-state index in [1.165, 1.54) is 9.80 Å². The van der Waals surface area contributed by atoms with Crippen molar-refractivity contribution in [3.63, 3.8) is 0 Å². The molecule has 8 nitrogen and oxygen atoms in total. The molecule has 0 aliphatic carbocycles. The average molecular weight is 492 g/mol. The van der Waals surface area contributed by atoms with Gasteiger partial charge in [-0.05, 0) is 56.7 Å². The van der Waals surface area contributed by atoms with Crippen LogP contribution in [0.5, 0.6) is 11.5 Å². The molecule has 1 aromatic heterocycles. The average Bonchev–Trinajstić information content (AvgIpc) is 3.20. The number of anilines is 2. The molecule has 1 atom stereocenters. The van der Waals surface area contributed by atoms with Gasteiger partial charge in [-0.3, -0.25) is 19.3 Å². The Balaban J connectivity index is 1.50. The van der Waals surface area contributed by atoms with Gasteiger partial charge in [-0.1, -0.05) is 6.92 Å². The number of ketones is 1. The van der Waals surface area contributed by atoms with Crippen molar-refractivity contribution >= 4 is 40.3 Å². The number of hydrogen-bond acceptors (Lipinski definition) is 7. The molecule has 0 bridgehead atoms. The Labute approximate surface area is 207 Å². The number of aromatic nitrogens is 1. The van der Waals surface area contributed by atoms with Gasteiger partial charge in [0.1, 0.15) is 11.5 Å². The number of carbonyl (C=O) groups excluding carboxylic acids is 3. The molecular formula is C26H25N3O5S. The highest BCUT2D eigenvalue weighted by atomic mass is 32.1. The van der Waals surface area contributed by atoms with Crippen LogP contribution in [0.4, 0.5) is 11.4 Å². The summed E-state index contributed by atoms with van der Waals surface area (Å²) in [6, 6.07) is 10.6. The quantitative estimate of drug-likeness (QED) is 0.498. The zero-order valence-corrected chi connectivity index (χ0v) is 20.8. The molecule has 0 radical (unpaired) electrons. The fourth-order valence-corrected chi connectivity index (χ4v) is 5.21. The number of aryl methyl sites for hydroxylation is 2. The first-order chi connectivity index (χ1) is 16.8. The van der Waals surface area contributed by atoms with Crippen LogP contribution in [-0.2, 0) is 9.59 Å². The van der Waals surface area contributed by atoms with Crippen molar-refractivity contribution in [2.24, 2.45) is 0 Å². The van der Waals surface area contributed by atoms with Crippen LogP contribution >= 0.6 is 11.3 Å². The molecule has 3 aromatic rings. The number of rotatable bonds is 5. The Hall–Kier alpha value is -3.72. The molecule has 0 fully saturated rings. The fourth-order valence-electron chi connectivity index (χ4n) is 4.37. The Morgan fingerprint density at radius 1 is 1.11 bits per heavy atom. The molecule has 2 aliphatic heterocycles. The molecule has 3 heterocycles. The van der Waals surface area contributed by atoms with Crippen LogP contribution in [0.3, 0.4) is 0 Å². The number of amides is 2. The van der Waals surface area contributed by atoms with Gasteiger partial charge in [-0.15, -0.1) is 11.3 Å². The van der Waals surface area contributed by atoms with E-state index in [1.807, 2.05) is 39.0 Å². The van der Waals surface area contributed by atoms with E-state index in [9.17, 15) is 14.4 Å². The molecular weight excluding hydrogens is 466 g/mol. The van der Waals surface area contributed by atoms with Gasteiger partial charge < -0.3 is 14.4 Å². The first kappa shape index (κ1) is 23.0. The number of hydrogen-bond donors (Lipinski definition) is 0. The molecule has 1 unspecified atom stereocenters. The van der Waals surface area contributed by atoms with Crippen LogP contribution in [0, 0.1) is 13.8 Å². The smallest absolute Gasteiger partial charge is 0.268 e. The first-order valence-electron chi connectivity index (χ1n) is 11.4. The summed E-state index contributed by atoms with van der Waals surface area (Å²) < 4.78 is 11.4. The Morgan fingerprint density at radius 3 is 2.60 bits per heavy atom. The topological polar surface area (TPSA) is 89.0 Å². The molecule has 2 amide bonds. The molecule has 35 heavy (non-hydrogen) atoms. The maximum absolute atomic E-state index is 13.4. The van der Waals surface area contributed by atoms with Crippen molar-refractivity contribution in [1.82, 2.24) is 4.98 Å². The fraction of sp³-hybridized carbons (Fsp3) is 0.308. The van der Waals surface area contributed by atoms with Crippen molar-refractivity contribution in [3.8, 4) is 22.8 Å². The third-order valence-electron chi connectivity index (χ3n) is 6.28. The van der Waals surface area contributed by atoms with Gasteiger partial charge >= 0.3 is 0 Å². The third kappa shape index (κ3) is 4.05. The van der Waals surface area contributed by atoms with Crippen LogP contribution in [-0.4, -0.2) is 48.9 Å². The molecule has 0 spiro atoms. The molecule has 0 saturated carbocycles. The molecule has 2 aliphatic rings. The number of fused-ring (bicyclic) bond motifs is 2. The number of ether oxygens (including phenoxy) is 2. The lowest BCUT2D eigenvalue weighted by Gasteiger charge is -2.34. The van der Waals surface area contributed by atoms with E-state index in [2.05, 4.69) is 4.98 Å². The lowest BCUT2D eigenvalue weighted by molar-refractivity contribution is -0.126. The summed E-state index contributed by atoms with van der Waals surface area (Å²) in [5.41, 5.74) is 3.19. The van der Waals surface area contributed by atoms with Crippen molar-refractivity contribution in [2.45, 2.75) is 33.3 Å². The van der Waals surface area contributed by atoms with Crippen LogP contribution in [0.2, 0.25) is 0 Å². The highest BCUT2D eigenvalue weighted by Gasteiger charge is 2.35. The van der Waals surface area contributed by atoms with Gasteiger partial charge in [-0.25, -0.2) is 4.98 Å². The SMILES string of the molecule is CCC1Oc2ccc(-c3nc(C)sc3C)cc2N(CC(=O)c2ccc3c(c2)N(C)C(=O)CO3)C1=O. The summed E-state index contributed by atoms with van der Waals surface area (Å²) in [6.45, 7) is 5.66. The number of thiazole rings is 1. The number of likely N-dealkylation sites (N-methyl/N-ethyl adjacent to an activating group) is 1. The second-order valence-electron chi connectivity index (χ2n) is 8.61. The van der Waals surface area contributed by atoms with Crippen LogP contribution in [0.25, 0.3) is 11.3 Å². The summed E-state index contributed by atoms with van der Waals surface area (Å²) in [5, 5.41) is 0.959. The van der Waals surface area contributed by atoms with E-state index in [1.54, 1.807) is 36.6 Å². The minimum atomic E-state index is -0.662.